The maximum atomic E-state index is 4.37. The number of hydrogen-bond donors (Lipinski definition) is 2. The third kappa shape index (κ3) is 2.50. The summed E-state index contributed by atoms with van der Waals surface area (Å²) in [7, 11) is 0. The number of nitrogens with zero attached hydrogens (tertiary/aromatic N) is 3. The van der Waals surface area contributed by atoms with E-state index >= 15 is 0 Å². The van der Waals surface area contributed by atoms with Gasteiger partial charge in [-0.25, -0.2) is 9.97 Å². The SMILES string of the molecule is C[C@@H](Nc1ncnc2c1CCCN2)c1ccccn1. The van der Waals surface area contributed by atoms with Crippen molar-refractivity contribution >= 4 is 11.6 Å². The molecule has 0 amide bonds. The van der Waals surface area contributed by atoms with E-state index in [1.54, 1.807) is 6.33 Å². The van der Waals surface area contributed by atoms with Crippen LogP contribution in [-0.4, -0.2) is 21.5 Å². The van der Waals surface area contributed by atoms with Crippen LogP contribution in [0.4, 0.5) is 11.6 Å². The quantitative estimate of drug-likeness (QED) is 0.881. The number of pyridine rings is 1. The zero-order valence-electron chi connectivity index (χ0n) is 10.9. The molecule has 0 unspecified atom stereocenters. The van der Waals surface area contributed by atoms with Crippen LogP contribution in [0.2, 0.25) is 0 Å². The second-order valence-corrected chi connectivity index (χ2v) is 4.70. The van der Waals surface area contributed by atoms with E-state index in [-0.39, 0.29) is 6.04 Å². The minimum Gasteiger partial charge on any atom is -0.370 e. The standard InChI is InChI=1S/C14H17N5/c1-10(12-6-2-3-7-15-12)19-14-11-5-4-8-16-13(11)17-9-18-14/h2-3,6-7,9-10H,4-5,8H2,1H3,(H2,16,17,18,19)/t10-/m1/s1. The Kier molecular flexibility index (Phi) is 3.27. The predicted molar refractivity (Wildman–Crippen MR) is 75.1 cm³/mol. The van der Waals surface area contributed by atoms with Crippen molar-refractivity contribution in [2.75, 3.05) is 17.2 Å². The molecule has 0 saturated carbocycles. The molecule has 5 nitrogen and oxygen atoms in total. The molecule has 1 aliphatic heterocycles. The summed E-state index contributed by atoms with van der Waals surface area (Å²) in [4.78, 5) is 13.0. The van der Waals surface area contributed by atoms with Crippen LogP contribution in [0.1, 0.15) is 30.6 Å². The molecule has 0 aromatic carbocycles. The Morgan fingerprint density at radius 2 is 2.21 bits per heavy atom. The fourth-order valence-corrected chi connectivity index (χ4v) is 2.31. The highest BCUT2D eigenvalue weighted by Gasteiger charge is 2.16. The molecule has 1 aliphatic rings. The molecule has 98 valence electrons. The van der Waals surface area contributed by atoms with Gasteiger partial charge in [0.1, 0.15) is 18.0 Å². The lowest BCUT2D eigenvalue weighted by molar-refractivity contribution is 0.787. The molecule has 0 bridgehead atoms. The molecule has 19 heavy (non-hydrogen) atoms. The summed E-state index contributed by atoms with van der Waals surface area (Å²) in [5.74, 6) is 1.87. The molecule has 3 rings (SSSR count). The second kappa shape index (κ2) is 5.22. The smallest absolute Gasteiger partial charge is 0.135 e. The molecular formula is C14H17N5. The van der Waals surface area contributed by atoms with Crippen LogP contribution in [0.3, 0.4) is 0 Å². The zero-order chi connectivity index (χ0) is 13.1. The van der Waals surface area contributed by atoms with E-state index in [4.69, 9.17) is 0 Å². The molecular weight excluding hydrogens is 238 g/mol. The van der Waals surface area contributed by atoms with E-state index < -0.39 is 0 Å². The van der Waals surface area contributed by atoms with E-state index in [1.807, 2.05) is 24.4 Å². The predicted octanol–water partition coefficient (Wildman–Crippen LogP) is 2.40. The van der Waals surface area contributed by atoms with Gasteiger partial charge in [-0.05, 0) is 31.9 Å². The van der Waals surface area contributed by atoms with Gasteiger partial charge in [0.05, 0.1) is 11.7 Å². The molecule has 2 aromatic heterocycles. The highest BCUT2D eigenvalue weighted by Crippen LogP contribution is 2.27. The summed E-state index contributed by atoms with van der Waals surface area (Å²) in [6, 6.07) is 6.07. The lowest BCUT2D eigenvalue weighted by Crippen LogP contribution is -2.18. The van der Waals surface area contributed by atoms with E-state index in [9.17, 15) is 0 Å². The summed E-state index contributed by atoms with van der Waals surface area (Å²) in [6.45, 7) is 3.08. The van der Waals surface area contributed by atoms with Gasteiger partial charge >= 0.3 is 0 Å². The summed E-state index contributed by atoms with van der Waals surface area (Å²) >= 11 is 0. The first-order chi connectivity index (χ1) is 9.34. The third-order valence-corrected chi connectivity index (χ3v) is 3.33. The van der Waals surface area contributed by atoms with Gasteiger partial charge < -0.3 is 10.6 Å². The van der Waals surface area contributed by atoms with Crippen molar-refractivity contribution in [2.24, 2.45) is 0 Å². The molecule has 0 saturated heterocycles. The van der Waals surface area contributed by atoms with Gasteiger partial charge in [0.2, 0.25) is 0 Å². The molecule has 0 spiro atoms. The topological polar surface area (TPSA) is 62.7 Å². The summed E-state index contributed by atoms with van der Waals surface area (Å²) in [5.41, 5.74) is 2.19. The average molecular weight is 255 g/mol. The van der Waals surface area contributed by atoms with Gasteiger partial charge in [-0.3, -0.25) is 4.98 Å². The summed E-state index contributed by atoms with van der Waals surface area (Å²) in [5, 5.41) is 6.74. The molecule has 2 N–H and O–H groups in total. The molecule has 1 atom stereocenters. The highest BCUT2D eigenvalue weighted by molar-refractivity contribution is 5.59. The Hall–Kier alpha value is -2.17. The Morgan fingerprint density at radius 1 is 1.26 bits per heavy atom. The van der Waals surface area contributed by atoms with Crippen molar-refractivity contribution in [3.8, 4) is 0 Å². The number of hydrogen-bond acceptors (Lipinski definition) is 5. The summed E-state index contributed by atoms with van der Waals surface area (Å²) < 4.78 is 0. The van der Waals surface area contributed by atoms with E-state index in [0.29, 0.717) is 0 Å². The number of anilines is 2. The van der Waals surface area contributed by atoms with Crippen molar-refractivity contribution in [3.63, 3.8) is 0 Å². The number of fused-ring (bicyclic) bond motifs is 1. The van der Waals surface area contributed by atoms with Gasteiger partial charge in [0.25, 0.3) is 0 Å². The first kappa shape index (κ1) is 11.9. The first-order valence-corrected chi connectivity index (χ1v) is 6.60. The number of aromatic nitrogens is 3. The van der Waals surface area contributed by atoms with Crippen LogP contribution in [0.15, 0.2) is 30.7 Å². The van der Waals surface area contributed by atoms with E-state index in [2.05, 4.69) is 32.5 Å². The molecule has 3 heterocycles. The monoisotopic (exact) mass is 255 g/mol. The molecule has 0 radical (unpaired) electrons. The van der Waals surface area contributed by atoms with Crippen LogP contribution >= 0.6 is 0 Å². The van der Waals surface area contributed by atoms with Crippen molar-refractivity contribution < 1.29 is 0 Å². The highest BCUT2D eigenvalue weighted by atomic mass is 15.1. The van der Waals surface area contributed by atoms with Gasteiger partial charge in [0.15, 0.2) is 0 Å². The lowest BCUT2D eigenvalue weighted by atomic mass is 10.1. The average Bonchev–Trinajstić information content (AvgIpc) is 2.48. The van der Waals surface area contributed by atoms with Crippen LogP contribution < -0.4 is 10.6 Å². The van der Waals surface area contributed by atoms with Gasteiger partial charge in [0, 0.05) is 18.3 Å². The Balaban J connectivity index is 1.84. The van der Waals surface area contributed by atoms with Crippen LogP contribution in [0.25, 0.3) is 0 Å². The Labute approximate surface area is 112 Å². The fourth-order valence-electron chi connectivity index (χ4n) is 2.31. The van der Waals surface area contributed by atoms with Crippen LogP contribution in [-0.2, 0) is 6.42 Å². The van der Waals surface area contributed by atoms with Gasteiger partial charge in [-0.15, -0.1) is 0 Å². The summed E-state index contributed by atoms with van der Waals surface area (Å²) in [6.07, 6.45) is 5.54. The minimum atomic E-state index is 0.127. The third-order valence-electron chi connectivity index (χ3n) is 3.33. The molecule has 0 fully saturated rings. The second-order valence-electron chi connectivity index (χ2n) is 4.70. The van der Waals surface area contributed by atoms with Gasteiger partial charge in [-0.2, -0.15) is 0 Å². The number of nitrogens with one attached hydrogen (secondary N) is 2. The fraction of sp³-hybridized carbons (Fsp3) is 0.357. The first-order valence-electron chi connectivity index (χ1n) is 6.60. The Bertz CT molecular complexity index is 555. The van der Waals surface area contributed by atoms with Crippen molar-refractivity contribution in [1.82, 2.24) is 15.0 Å². The molecule has 2 aromatic rings. The molecule has 5 heteroatoms. The van der Waals surface area contributed by atoms with Crippen molar-refractivity contribution in [1.29, 1.82) is 0 Å². The van der Waals surface area contributed by atoms with Crippen molar-refractivity contribution in [2.45, 2.75) is 25.8 Å². The van der Waals surface area contributed by atoms with E-state index in [1.165, 1.54) is 5.56 Å². The van der Waals surface area contributed by atoms with Crippen LogP contribution in [0, 0.1) is 0 Å². The van der Waals surface area contributed by atoms with E-state index in [0.717, 1.165) is 36.7 Å². The largest absolute Gasteiger partial charge is 0.370 e. The number of rotatable bonds is 3. The Morgan fingerprint density at radius 3 is 3.05 bits per heavy atom. The molecule has 0 aliphatic carbocycles. The maximum Gasteiger partial charge on any atom is 0.135 e. The van der Waals surface area contributed by atoms with Gasteiger partial charge in [-0.1, -0.05) is 6.07 Å². The lowest BCUT2D eigenvalue weighted by Gasteiger charge is -2.21. The minimum absolute atomic E-state index is 0.127. The maximum absolute atomic E-state index is 4.37. The zero-order valence-corrected chi connectivity index (χ0v) is 10.9. The van der Waals surface area contributed by atoms with Crippen LogP contribution in [0.5, 0.6) is 0 Å². The van der Waals surface area contributed by atoms with Crippen molar-refractivity contribution in [3.05, 3.63) is 42.0 Å². The normalized spacial score (nSPS) is 15.2.